The molecule has 9 heteroatoms. The molecular formula is C13H19N3O6. The van der Waals surface area contributed by atoms with Crippen molar-refractivity contribution in [1.82, 2.24) is 0 Å². The van der Waals surface area contributed by atoms with Crippen LogP contribution < -0.4 is 0 Å². The van der Waals surface area contributed by atoms with Crippen LogP contribution >= 0.6 is 0 Å². The van der Waals surface area contributed by atoms with Crippen molar-refractivity contribution in [3.63, 3.8) is 0 Å². The number of cyclic esters (lactones) is 1. The van der Waals surface area contributed by atoms with Crippen molar-refractivity contribution in [3.8, 4) is 0 Å². The largest absolute Gasteiger partial charge is 0.454 e. The minimum absolute atomic E-state index is 0.191. The molecule has 3 aliphatic rings. The molecule has 3 aliphatic heterocycles. The van der Waals surface area contributed by atoms with E-state index >= 15 is 0 Å². The highest BCUT2D eigenvalue weighted by atomic mass is 16.8. The number of carbonyl (C=O) groups is 1. The summed E-state index contributed by atoms with van der Waals surface area (Å²) in [6.45, 7) is 7.06. The monoisotopic (exact) mass is 313 g/mol. The Kier molecular flexibility index (Phi) is 3.39. The minimum Gasteiger partial charge on any atom is -0.454 e. The summed E-state index contributed by atoms with van der Waals surface area (Å²) >= 11 is 0. The molecule has 4 atom stereocenters. The molecular weight excluding hydrogens is 294 g/mol. The smallest absolute Gasteiger partial charge is 0.342 e. The van der Waals surface area contributed by atoms with E-state index in [1.165, 1.54) is 0 Å². The van der Waals surface area contributed by atoms with E-state index in [1.54, 1.807) is 27.7 Å². The van der Waals surface area contributed by atoms with Gasteiger partial charge in [0, 0.05) is 4.91 Å². The Morgan fingerprint density at radius 1 is 1.27 bits per heavy atom. The number of hydrogen-bond acceptors (Lipinski definition) is 7. The summed E-state index contributed by atoms with van der Waals surface area (Å²) in [5, 5.41) is 3.50. The predicted octanol–water partition coefficient (Wildman–Crippen LogP) is 1.26. The van der Waals surface area contributed by atoms with Crippen molar-refractivity contribution in [2.24, 2.45) is 5.11 Å². The van der Waals surface area contributed by atoms with Crippen LogP contribution in [0.15, 0.2) is 5.11 Å². The highest BCUT2D eigenvalue weighted by Gasteiger charge is 2.69. The third-order valence-corrected chi connectivity index (χ3v) is 3.95. The first-order valence-electron chi connectivity index (χ1n) is 7.11. The third-order valence-electron chi connectivity index (χ3n) is 3.95. The van der Waals surface area contributed by atoms with E-state index in [4.69, 9.17) is 29.2 Å². The Morgan fingerprint density at radius 3 is 2.59 bits per heavy atom. The second-order valence-corrected chi connectivity index (χ2v) is 6.56. The van der Waals surface area contributed by atoms with E-state index in [0.29, 0.717) is 0 Å². The molecule has 0 amide bonds. The van der Waals surface area contributed by atoms with Crippen LogP contribution in [0.3, 0.4) is 0 Å². The highest BCUT2D eigenvalue weighted by molar-refractivity contribution is 5.84. The fourth-order valence-electron chi connectivity index (χ4n) is 3.17. The first-order valence-corrected chi connectivity index (χ1v) is 7.11. The lowest BCUT2D eigenvalue weighted by atomic mass is 9.94. The van der Waals surface area contributed by atoms with Gasteiger partial charge in [-0.3, -0.25) is 0 Å². The van der Waals surface area contributed by atoms with E-state index in [2.05, 4.69) is 10.0 Å². The van der Waals surface area contributed by atoms with Gasteiger partial charge in [0.25, 0.3) is 0 Å². The van der Waals surface area contributed by atoms with Crippen LogP contribution in [0.2, 0.25) is 0 Å². The number of hydrogen-bond donors (Lipinski definition) is 0. The summed E-state index contributed by atoms with van der Waals surface area (Å²) in [5.74, 6) is -2.33. The molecule has 0 saturated carbocycles. The van der Waals surface area contributed by atoms with Crippen LogP contribution in [-0.2, 0) is 28.5 Å². The van der Waals surface area contributed by atoms with Crippen LogP contribution in [0.1, 0.15) is 27.7 Å². The topological polar surface area (TPSA) is 112 Å². The molecule has 22 heavy (non-hydrogen) atoms. The number of ether oxygens (including phenoxy) is 5. The minimum atomic E-state index is -1.43. The van der Waals surface area contributed by atoms with Gasteiger partial charge in [-0.25, -0.2) is 4.79 Å². The molecule has 3 fully saturated rings. The quantitative estimate of drug-likeness (QED) is 0.335. The molecule has 0 N–H and O–H groups in total. The first kappa shape index (κ1) is 15.5. The second kappa shape index (κ2) is 4.81. The lowest BCUT2D eigenvalue weighted by Gasteiger charge is -2.25. The van der Waals surface area contributed by atoms with Crippen molar-refractivity contribution in [1.29, 1.82) is 0 Å². The average Bonchev–Trinajstić information content (AvgIpc) is 2.98. The zero-order valence-electron chi connectivity index (χ0n) is 12.9. The average molecular weight is 313 g/mol. The van der Waals surface area contributed by atoms with E-state index in [1.807, 2.05) is 0 Å². The van der Waals surface area contributed by atoms with Gasteiger partial charge in [0.1, 0.15) is 12.2 Å². The van der Waals surface area contributed by atoms with Crippen LogP contribution in [-0.4, -0.2) is 54.6 Å². The molecule has 0 aromatic carbocycles. The molecule has 0 unspecified atom stereocenters. The van der Waals surface area contributed by atoms with Gasteiger partial charge >= 0.3 is 5.97 Å². The Bertz CT molecular complexity index is 544. The lowest BCUT2D eigenvalue weighted by Crippen LogP contribution is -2.49. The molecule has 0 radical (unpaired) electrons. The number of esters is 1. The van der Waals surface area contributed by atoms with Gasteiger partial charge in [-0.2, -0.15) is 0 Å². The standard InChI is InChI=1S/C13H19N3O6/c1-11(2)18-5-7(20-11)8-9-13(6-15-16-14,10(17)19-8)22-12(3,4)21-9/h7-9H,5-6H2,1-4H3/t7-,8+,9+,13+/m1/s1. The Morgan fingerprint density at radius 2 is 2.00 bits per heavy atom. The maximum absolute atomic E-state index is 12.4. The number of nitrogens with zero attached hydrogens (tertiary/aromatic N) is 3. The van der Waals surface area contributed by atoms with E-state index in [0.717, 1.165) is 0 Å². The van der Waals surface area contributed by atoms with Gasteiger partial charge in [0.2, 0.25) is 5.60 Å². The molecule has 122 valence electrons. The third kappa shape index (κ3) is 2.35. The molecule has 9 nitrogen and oxygen atoms in total. The van der Waals surface area contributed by atoms with E-state index in [-0.39, 0.29) is 13.2 Å². The zero-order valence-corrected chi connectivity index (χ0v) is 12.9. The number of fused-ring (bicyclic) bond motifs is 1. The molecule has 0 aromatic rings. The van der Waals surface area contributed by atoms with Crippen LogP contribution in [0.25, 0.3) is 10.4 Å². The molecule has 0 spiro atoms. The predicted molar refractivity (Wildman–Crippen MR) is 71.6 cm³/mol. The van der Waals surface area contributed by atoms with Crippen LogP contribution in [0.4, 0.5) is 0 Å². The Hall–Kier alpha value is -1.38. The molecule has 3 rings (SSSR count). The normalized spacial score (nSPS) is 41.8. The number of rotatable bonds is 3. The first-order chi connectivity index (χ1) is 10.2. The fraction of sp³-hybridized carbons (Fsp3) is 0.923. The molecule has 0 bridgehead atoms. The van der Waals surface area contributed by atoms with Crippen molar-refractivity contribution in [2.75, 3.05) is 13.2 Å². The van der Waals surface area contributed by atoms with Gasteiger partial charge in [-0.15, -0.1) is 0 Å². The number of azide groups is 1. The molecule has 0 aliphatic carbocycles. The molecule has 3 heterocycles. The van der Waals surface area contributed by atoms with Crippen LogP contribution in [0.5, 0.6) is 0 Å². The zero-order chi connectivity index (χ0) is 16.2. The highest BCUT2D eigenvalue weighted by Crippen LogP contribution is 2.46. The summed E-state index contributed by atoms with van der Waals surface area (Å²) in [4.78, 5) is 15.1. The molecule has 0 aromatic heterocycles. The second-order valence-electron chi connectivity index (χ2n) is 6.56. The van der Waals surface area contributed by atoms with Crippen molar-refractivity contribution in [2.45, 2.75) is 63.2 Å². The van der Waals surface area contributed by atoms with Crippen LogP contribution in [0, 0.1) is 0 Å². The summed E-state index contributed by atoms with van der Waals surface area (Å²) in [6, 6.07) is 0. The molecule has 3 saturated heterocycles. The summed E-state index contributed by atoms with van der Waals surface area (Å²) in [7, 11) is 0. The van der Waals surface area contributed by atoms with Gasteiger partial charge in [0.15, 0.2) is 17.7 Å². The summed E-state index contributed by atoms with van der Waals surface area (Å²) < 4.78 is 28.3. The van der Waals surface area contributed by atoms with Crippen molar-refractivity contribution >= 4 is 5.97 Å². The van der Waals surface area contributed by atoms with E-state index in [9.17, 15) is 4.79 Å². The SMILES string of the molecule is CC1(C)OC[C@H]([C@@H]2OC(=O)[C@@]3(CN=[N+]=[N-])OC(C)(C)O[C@@H]23)O1. The maximum atomic E-state index is 12.4. The fourth-order valence-corrected chi connectivity index (χ4v) is 3.17. The van der Waals surface area contributed by atoms with Gasteiger partial charge in [0.05, 0.1) is 13.2 Å². The maximum Gasteiger partial charge on any atom is 0.342 e. The Labute approximate surface area is 127 Å². The van der Waals surface area contributed by atoms with Crippen molar-refractivity contribution < 1.29 is 28.5 Å². The summed E-state index contributed by atoms with van der Waals surface area (Å²) in [5.41, 5.74) is 7.14. The lowest BCUT2D eigenvalue weighted by molar-refractivity contribution is -0.207. The van der Waals surface area contributed by atoms with Crippen molar-refractivity contribution in [3.05, 3.63) is 10.4 Å². The Balaban J connectivity index is 1.90. The number of carbonyl (C=O) groups excluding carboxylic acids is 1. The van der Waals surface area contributed by atoms with Gasteiger partial charge in [-0.05, 0) is 33.2 Å². The van der Waals surface area contributed by atoms with E-state index < -0.39 is 41.5 Å². The van der Waals surface area contributed by atoms with Gasteiger partial charge < -0.3 is 23.7 Å². The summed E-state index contributed by atoms with van der Waals surface area (Å²) in [6.07, 6.45) is -1.86. The van der Waals surface area contributed by atoms with Gasteiger partial charge in [-0.1, -0.05) is 5.11 Å².